The molecule has 0 saturated carbocycles. The normalized spacial score (nSPS) is 10.1. The predicted octanol–water partition coefficient (Wildman–Crippen LogP) is 3.61. The fourth-order valence-electron chi connectivity index (χ4n) is 2.07. The monoisotopic (exact) mass is 377 g/mol. The minimum Gasteiger partial charge on any atom is -0.492 e. The molecule has 0 aliphatic heterocycles. The number of benzene rings is 2. The maximum absolute atomic E-state index is 11.9. The third-order valence-electron chi connectivity index (χ3n) is 3.31. The van der Waals surface area contributed by atoms with E-state index < -0.39 is 18.5 Å². The summed E-state index contributed by atoms with van der Waals surface area (Å²) in [6.07, 6.45) is 0. The van der Waals surface area contributed by atoms with E-state index in [0.29, 0.717) is 28.8 Å². The number of hydrogen-bond acceptors (Lipinski definition) is 5. The Labute approximate surface area is 157 Å². The van der Waals surface area contributed by atoms with Crippen LogP contribution in [0.4, 0.5) is 5.69 Å². The van der Waals surface area contributed by atoms with Gasteiger partial charge in [-0.15, -0.1) is 0 Å². The lowest BCUT2D eigenvalue weighted by molar-refractivity contribution is -0.149. The van der Waals surface area contributed by atoms with Crippen molar-refractivity contribution in [1.29, 1.82) is 0 Å². The van der Waals surface area contributed by atoms with Crippen LogP contribution < -0.4 is 14.8 Å². The summed E-state index contributed by atoms with van der Waals surface area (Å²) in [7, 11) is 0. The van der Waals surface area contributed by atoms with Crippen molar-refractivity contribution in [3.63, 3.8) is 0 Å². The van der Waals surface area contributed by atoms with Gasteiger partial charge in [-0.05, 0) is 49.7 Å². The van der Waals surface area contributed by atoms with E-state index in [-0.39, 0.29) is 6.61 Å². The highest BCUT2D eigenvalue weighted by molar-refractivity contribution is 6.31. The van der Waals surface area contributed by atoms with Crippen LogP contribution in [-0.2, 0) is 14.3 Å². The van der Waals surface area contributed by atoms with Gasteiger partial charge in [-0.1, -0.05) is 23.7 Å². The van der Waals surface area contributed by atoms with E-state index in [4.69, 9.17) is 25.8 Å². The average molecular weight is 378 g/mol. The van der Waals surface area contributed by atoms with E-state index in [1.165, 1.54) is 0 Å². The Balaban J connectivity index is 1.78. The lowest BCUT2D eigenvalue weighted by atomic mass is 10.2. The molecule has 2 aromatic rings. The van der Waals surface area contributed by atoms with Crippen molar-refractivity contribution in [2.45, 2.75) is 13.8 Å². The summed E-state index contributed by atoms with van der Waals surface area (Å²) >= 11 is 5.92. The first-order valence-electron chi connectivity index (χ1n) is 8.06. The molecule has 0 aliphatic rings. The predicted molar refractivity (Wildman–Crippen MR) is 98.9 cm³/mol. The molecule has 0 saturated heterocycles. The summed E-state index contributed by atoms with van der Waals surface area (Å²) in [5.41, 5.74) is 1.35. The molecule has 1 N–H and O–H groups in total. The van der Waals surface area contributed by atoms with Gasteiger partial charge in [-0.2, -0.15) is 0 Å². The molecule has 0 unspecified atom stereocenters. The second-order valence-corrected chi connectivity index (χ2v) is 5.74. The van der Waals surface area contributed by atoms with Crippen LogP contribution in [0.5, 0.6) is 11.5 Å². The third kappa shape index (κ3) is 5.97. The second-order valence-electron chi connectivity index (χ2n) is 5.34. The van der Waals surface area contributed by atoms with E-state index in [1.807, 2.05) is 13.8 Å². The standard InChI is InChI=1S/C19H20ClNO5/c1-3-24-17-7-5-4-6-16(17)21-18(22)11-26-19(23)12-25-14-8-9-15(20)13(2)10-14/h4-10H,3,11-12H2,1-2H3,(H,21,22). The maximum Gasteiger partial charge on any atom is 0.344 e. The summed E-state index contributed by atoms with van der Waals surface area (Å²) in [6, 6.07) is 12.1. The Morgan fingerprint density at radius 1 is 1.08 bits per heavy atom. The minimum atomic E-state index is -0.647. The number of anilines is 1. The summed E-state index contributed by atoms with van der Waals surface area (Å²) in [4.78, 5) is 23.6. The molecule has 0 aliphatic carbocycles. The van der Waals surface area contributed by atoms with Crippen LogP contribution in [0.1, 0.15) is 12.5 Å². The van der Waals surface area contributed by atoms with Crippen molar-refractivity contribution in [2.24, 2.45) is 0 Å². The lowest BCUT2D eigenvalue weighted by Gasteiger charge is -2.11. The van der Waals surface area contributed by atoms with Crippen molar-refractivity contribution in [3.8, 4) is 11.5 Å². The van der Waals surface area contributed by atoms with Crippen molar-refractivity contribution in [2.75, 3.05) is 25.1 Å². The first-order chi connectivity index (χ1) is 12.5. The highest BCUT2D eigenvalue weighted by atomic mass is 35.5. The van der Waals surface area contributed by atoms with Crippen LogP contribution in [0.3, 0.4) is 0 Å². The van der Waals surface area contributed by atoms with Gasteiger partial charge in [0, 0.05) is 5.02 Å². The Bertz CT molecular complexity index is 778. The molecule has 6 nitrogen and oxygen atoms in total. The van der Waals surface area contributed by atoms with Gasteiger partial charge in [0.05, 0.1) is 12.3 Å². The van der Waals surface area contributed by atoms with E-state index in [2.05, 4.69) is 5.32 Å². The molecule has 2 rings (SSSR count). The molecule has 2 aromatic carbocycles. The van der Waals surface area contributed by atoms with Crippen LogP contribution in [0, 0.1) is 6.92 Å². The Hall–Kier alpha value is -2.73. The summed E-state index contributed by atoms with van der Waals surface area (Å²) in [5, 5.41) is 3.26. The fourth-order valence-corrected chi connectivity index (χ4v) is 2.19. The minimum absolute atomic E-state index is 0.302. The molecule has 0 spiro atoms. The van der Waals surface area contributed by atoms with Crippen molar-refractivity contribution < 1.29 is 23.8 Å². The smallest absolute Gasteiger partial charge is 0.344 e. The SMILES string of the molecule is CCOc1ccccc1NC(=O)COC(=O)COc1ccc(Cl)c(C)c1. The fraction of sp³-hybridized carbons (Fsp3) is 0.263. The van der Waals surface area contributed by atoms with Gasteiger partial charge in [-0.25, -0.2) is 4.79 Å². The average Bonchev–Trinajstić information content (AvgIpc) is 2.63. The first kappa shape index (κ1) is 19.6. The molecule has 0 aromatic heterocycles. The number of carbonyl (C=O) groups excluding carboxylic acids is 2. The van der Waals surface area contributed by atoms with Crippen LogP contribution in [-0.4, -0.2) is 31.7 Å². The van der Waals surface area contributed by atoms with E-state index >= 15 is 0 Å². The second kappa shape index (κ2) is 9.68. The van der Waals surface area contributed by atoms with Gasteiger partial charge in [-0.3, -0.25) is 4.79 Å². The van der Waals surface area contributed by atoms with Gasteiger partial charge in [0.1, 0.15) is 11.5 Å². The molecule has 26 heavy (non-hydrogen) atoms. The Morgan fingerprint density at radius 2 is 1.85 bits per heavy atom. The lowest BCUT2D eigenvalue weighted by Crippen LogP contribution is -2.23. The van der Waals surface area contributed by atoms with Crippen molar-refractivity contribution in [1.82, 2.24) is 0 Å². The van der Waals surface area contributed by atoms with Gasteiger partial charge in [0.25, 0.3) is 5.91 Å². The quantitative estimate of drug-likeness (QED) is 0.711. The highest BCUT2D eigenvalue weighted by Crippen LogP contribution is 2.23. The van der Waals surface area contributed by atoms with Crippen LogP contribution in [0.2, 0.25) is 5.02 Å². The van der Waals surface area contributed by atoms with Gasteiger partial charge >= 0.3 is 5.97 Å². The number of hydrogen-bond donors (Lipinski definition) is 1. The largest absolute Gasteiger partial charge is 0.492 e. The van der Waals surface area contributed by atoms with Crippen LogP contribution in [0.25, 0.3) is 0 Å². The highest BCUT2D eigenvalue weighted by Gasteiger charge is 2.11. The summed E-state index contributed by atoms with van der Waals surface area (Å²) < 4.78 is 15.6. The summed E-state index contributed by atoms with van der Waals surface area (Å²) in [5.74, 6) is -0.0613. The number of carbonyl (C=O) groups is 2. The van der Waals surface area contributed by atoms with E-state index in [1.54, 1.807) is 42.5 Å². The third-order valence-corrected chi connectivity index (χ3v) is 3.74. The van der Waals surface area contributed by atoms with Crippen LogP contribution >= 0.6 is 11.6 Å². The number of ether oxygens (including phenoxy) is 3. The number of para-hydroxylation sites is 2. The number of esters is 1. The molecule has 7 heteroatoms. The molecule has 0 atom stereocenters. The topological polar surface area (TPSA) is 73.9 Å². The Kier molecular flexibility index (Phi) is 7.29. The molecule has 0 heterocycles. The van der Waals surface area contributed by atoms with Crippen LogP contribution in [0.15, 0.2) is 42.5 Å². The number of halogens is 1. The van der Waals surface area contributed by atoms with Crippen molar-refractivity contribution >= 4 is 29.2 Å². The number of nitrogens with one attached hydrogen (secondary N) is 1. The summed E-state index contributed by atoms with van der Waals surface area (Å²) in [6.45, 7) is 3.44. The molecule has 0 radical (unpaired) electrons. The van der Waals surface area contributed by atoms with Gasteiger partial charge < -0.3 is 19.5 Å². The molecular formula is C19H20ClNO5. The number of rotatable bonds is 8. The zero-order valence-electron chi connectivity index (χ0n) is 14.6. The first-order valence-corrected chi connectivity index (χ1v) is 8.43. The molecule has 1 amide bonds. The van der Waals surface area contributed by atoms with Gasteiger partial charge in [0.2, 0.25) is 0 Å². The molecule has 0 bridgehead atoms. The number of aryl methyl sites for hydroxylation is 1. The molecule has 0 fully saturated rings. The molecule has 138 valence electrons. The van der Waals surface area contributed by atoms with Gasteiger partial charge in [0.15, 0.2) is 13.2 Å². The molecular weight excluding hydrogens is 358 g/mol. The van der Waals surface area contributed by atoms with Crippen molar-refractivity contribution in [3.05, 3.63) is 53.1 Å². The van der Waals surface area contributed by atoms with E-state index in [0.717, 1.165) is 5.56 Å². The zero-order chi connectivity index (χ0) is 18.9. The maximum atomic E-state index is 11.9. The van der Waals surface area contributed by atoms with E-state index in [9.17, 15) is 9.59 Å². The Morgan fingerprint density at radius 3 is 2.58 bits per heavy atom. The number of amides is 1. The zero-order valence-corrected chi connectivity index (χ0v) is 15.3.